The number of aromatic amines is 1. The van der Waals surface area contributed by atoms with Crippen molar-refractivity contribution < 1.29 is 0 Å². The lowest BCUT2D eigenvalue weighted by Gasteiger charge is -2.05. The van der Waals surface area contributed by atoms with Gasteiger partial charge in [0.05, 0.1) is 4.70 Å². The second-order valence-corrected chi connectivity index (χ2v) is 6.62. The molecule has 4 aromatic rings. The molecule has 0 aliphatic carbocycles. The molecule has 0 fully saturated rings. The molecule has 4 nitrogen and oxygen atoms in total. The monoisotopic (exact) mass is 324 g/mol. The molecule has 4 rings (SSSR count). The topological polar surface area (TPSA) is 54.5 Å². The first kappa shape index (κ1) is 13.5. The van der Waals surface area contributed by atoms with Gasteiger partial charge < -0.3 is 0 Å². The van der Waals surface area contributed by atoms with Crippen molar-refractivity contribution in [2.45, 2.75) is 10.9 Å². The van der Waals surface area contributed by atoms with E-state index in [1.165, 1.54) is 44.6 Å². The van der Waals surface area contributed by atoms with Crippen molar-refractivity contribution in [1.82, 2.24) is 19.6 Å². The Morgan fingerprint density at radius 2 is 2.00 bits per heavy atom. The summed E-state index contributed by atoms with van der Waals surface area (Å²) in [6, 6.07) is 15.0. The Balaban J connectivity index is 1.58. The zero-order valence-electron chi connectivity index (χ0n) is 11.6. The van der Waals surface area contributed by atoms with Crippen LogP contribution in [0.15, 0.2) is 60.1 Å². The second kappa shape index (κ2) is 5.90. The van der Waals surface area contributed by atoms with Gasteiger partial charge in [-0.1, -0.05) is 48.2 Å². The highest BCUT2D eigenvalue weighted by atomic mass is 32.2. The van der Waals surface area contributed by atoms with E-state index in [9.17, 15) is 0 Å². The van der Waals surface area contributed by atoms with E-state index >= 15 is 0 Å². The van der Waals surface area contributed by atoms with Crippen LogP contribution in [0.4, 0.5) is 0 Å². The van der Waals surface area contributed by atoms with Gasteiger partial charge in [0, 0.05) is 17.3 Å². The molecule has 6 heteroatoms. The minimum Gasteiger partial charge on any atom is -0.254 e. The molecule has 0 spiro atoms. The first-order valence-electron chi connectivity index (χ1n) is 6.81. The van der Waals surface area contributed by atoms with Crippen LogP contribution in [0.2, 0.25) is 0 Å². The fourth-order valence-corrected chi connectivity index (χ4v) is 3.75. The highest BCUT2D eigenvalue weighted by Gasteiger charge is 2.06. The van der Waals surface area contributed by atoms with Crippen molar-refractivity contribution in [3.8, 4) is 11.1 Å². The number of hydrogen-bond donors (Lipinski definition) is 1. The van der Waals surface area contributed by atoms with Crippen molar-refractivity contribution in [2.24, 2.45) is 0 Å². The quantitative estimate of drug-likeness (QED) is 0.566. The van der Waals surface area contributed by atoms with Crippen LogP contribution < -0.4 is 0 Å². The smallest absolute Gasteiger partial charge is 0.183 e. The van der Waals surface area contributed by atoms with Crippen molar-refractivity contribution in [2.75, 3.05) is 0 Å². The Hall–Kier alpha value is -2.18. The third-order valence-corrected chi connectivity index (χ3v) is 5.14. The van der Waals surface area contributed by atoms with E-state index in [2.05, 4.69) is 62.0 Å². The first-order chi connectivity index (χ1) is 10.9. The summed E-state index contributed by atoms with van der Waals surface area (Å²) in [7, 11) is 0. The van der Waals surface area contributed by atoms with E-state index < -0.39 is 0 Å². The van der Waals surface area contributed by atoms with Crippen LogP contribution in [0.3, 0.4) is 0 Å². The number of fused-ring (bicyclic) bond motifs is 1. The van der Waals surface area contributed by atoms with Gasteiger partial charge in [0.1, 0.15) is 6.33 Å². The van der Waals surface area contributed by atoms with Crippen molar-refractivity contribution >= 4 is 33.4 Å². The van der Waals surface area contributed by atoms with Crippen molar-refractivity contribution in [3.05, 3.63) is 60.6 Å². The van der Waals surface area contributed by atoms with Gasteiger partial charge in [0.25, 0.3) is 0 Å². The molecule has 0 atom stereocenters. The van der Waals surface area contributed by atoms with E-state index in [0.29, 0.717) is 0 Å². The Labute approximate surface area is 135 Å². The molecule has 2 aromatic heterocycles. The number of aromatic nitrogens is 4. The molecule has 108 valence electrons. The molecule has 0 saturated heterocycles. The first-order valence-corrected chi connectivity index (χ1v) is 8.57. The number of nitrogens with one attached hydrogen (secondary N) is 1. The van der Waals surface area contributed by atoms with E-state index in [1.807, 2.05) is 6.20 Å². The molecule has 2 aromatic carbocycles. The third kappa shape index (κ3) is 2.63. The normalized spacial score (nSPS) is 11.1. The van der Waals surface area contributed by atoms with Crippen LogP contribution in [0.5, 0.6) is 0 Å². The molecule has 22 heavy (non-hydrogen) atoms. The summed E-state index contributed by atoms with van der Waals surface area (Å²) in [5.41, 5.74) is 3.72. The third-order valence-electron chi connectivity index (χ3n) is 3.43. The van der Waals surface area contributed by atoms with E-state index in [1.54, 1.807) is 11.8 Å². The van der Waals surface area contributed by atoms with Crippen LogP contribution in [0.25, 0.3) is 21.2 Å². The standard InChI is InChI=1S/C16H12N4S2/c1-2-13(14-8-19-22-15(14)3-1)12-6-4-11(5-7-12)9-21-16-17-10-18-20-16/h1-8,10H,9H2,(H,17,18,20). The van der Waals surface area contributed by atoms with E-state index in [0.717, 1.165) is 10.9 Å². The number of hydrogen-bond acceptors (Lipinski definition) is 5. The number of rotatable bonds is 4. The van der Waals surface area contributed by atoms with Gasteiger partial charge in [0.2, 0.25) is 0 Å². The zero-order valence-corrected chi connectivity index (χ0v) is 13.2. The van der Waals surface area contributed by atoms with Crippen LogP contribution in [0.1, 0.15) is 5.56 Å². The van der Waals surface area contributed by atoms with Crippen LogP contribution in [-0.2, 0) is 5.75 Å². The molecular formula is C16H12N4S2. The molecular weight excluding hydrogens is 312 g/mol. The molecule has 0 aliphatic heterocycles. The summed E-state index contributed by atoms with van der Waals surface area (Å²) in [4.78, 5) is 4.12. The Morgan fingerprint density at radius 3 is 2.82 bits per heavy atom. The average Bonchev–Trinajstić information content (AvgIpc) is 3.24. The van der Waals surface area contributed by atoms with Gasteiger partial charge in [-0.05, 0) is 34.3 Å². The highest BCUT2D eigenvalue weighted by molar-refractivity contribution is 7.98. The number of thioether (sulfide) groups is 1. The summed E-state index contributed by atoms with van der Waals surface area (Å²) in [6.07, 6.45) is 3.48. The molecule has 0 unspecified atom stereocenters. The highest BCUT2D eigenvalue weighted by Crippen LogP contribution is 2.31. The van der Waals surface area contributed by atoms with Crippen LogP contribution in [-0.4, -0.2) is 19.6 Å². The van der Waals surface area contributed by atoms with Crippen molar-refractivity contribution in [1.29, 1.82) is 0 Å². The molecule has 2 heterocycles. The molecule has 0 amide bonds. The average molecular weight is 324 g/mol. The van der Waals surface area contributed by atoms with Gasteiger partial charge >= 0.3 is 0 Å². The lowest BCUT2D eigenvalue weighted by molar-refractivity contribution is 0.973. The van der Waals surface area contributed by atoms with Gasteiger partial charge in [0.15, 0.2) is 5.16 Å². The molecule has 0 saturated carbocycles. The maximum atomic E-state index is 4.28. The summed E-state index contributed by atoms with van der Waals surface area (Å²) >= 11 is 3.18. The molecule has 0 aliphatic rings. The largest absolute Gasteiger partial charge is 0.254 e. The molecule has 1 N–H and O–H groups in total. The lowest BCUT2D eigenvalue weighted by atomic mass is 10.0. The minimum atomic E-state index is 0.846. The SMILES string of the molecule is c1cc(-c2ccc(CSc3ncn[nH]3)cc2)c2cnsc2c1. The Kier molecular flexibility index (Phi) is 3.62. The predicted molar refractivity (Wildman–Crippen MR) is 91.0 cm³/mol. The zero-order chi connectivity index (χ0) is 14.8. The Morgan fingerprint density at radius 1 is 1.09 bits per heavy atom. The Bertz CT molecular complexity index is 882. The van der Waals surface area contributed by atoms with Gasteiger partial charge in [-0.25, -0.2) is 4.98 Å². The van der Waals surface area contributed by atoms with Gasteiger partial charge in [-0.2, -0.15) is 9.47 Å². The lowest BCUT2D eigenvalue weighted by Crippen LogP contribution is -1.84. The summed E-state index contributed by atoms with van der Waals surface area (Å²) in [6.45, 7) is 0. The second-order valence-electron chi connectivity index (χ2n) is 4.82. The van der Waals surface area contributed by atoms with E-state index in [-0.39, 0.29) is 0 Å². The number of H-pyrrole nitrogens is 1. The summed E-state index contributed by atoms with van der Waals surface area (Å²) in [5, 5.41) is 8.77. The van der Waals surface area contributed by atoms with Gasteiger partial charge in [-0.3, -0.25) is 5.10 Å². The van der Waals surface area contributed by atoms with Crippen LogP contribution in [0, 0.1) is 0 Å². The maximum absolute atomic E-state index is 4.28. The molecule has 0 bridgehead atoms. The summed E-state index contributed by atoms with van der Waals surface area (Å²) in [5.74, 6) is 0.875. The fraction of sp³-hybridized carbons (Fsp3) is 0.0625. The maximum Gasteiger partial charge on any atom is 0.183 e. The predicted octanol–water partition coefficient (Wildman–Crippen LogP) is 4.37. The fourth-order valence-electron chi connectivity index (χ4n) is 2.34. The van der Waals surface area contributed by atoms with Crippen molar-refractivity contribution in [3.63, 3.8) is 0 Å². The number of nitrogens with zero attached hydrogens (tertiary/aromatic N) is 3. The number of benzene rings is 2. The minimum absolute atomic E-state index is 0.846. The molecule has 0 radical (unpaired) electrons. The van der Waals surface area contributed by atoms with Gasteiger partial charge in [-0.15, -0.1) is 0 Å². The van der Waals surface area contributed by atoms with Crippen LogP contribution >= 0.6 is 23.3 Å². The summed E-state index contributed by atoms with van der Waals surface area (Å²) < 4.78 is 5.51. The van der Waals surface area contributed by atoms with E-state index in [4.69, 9.17) is 0 Å².